The van der Waals surface area contributed by atoms with Gasteiger partial charge in [-0.1, -0.05) is 12.2 Å². The molecule has 0 aliphatic rings. The zero-order valence-electron chi connectivity index (χ0n) is 11.9. The summed E-state index contributed by atoms with van der Waals surface area (Å²) in [7, 11) is 1.50. The number of rotatable bonds is 7. The first-order valence-electron chi connectivity index (χ1n) is 6.31. The van der Waals surface area contributed by atoms with E-state index in [-0.39, 0.29) is 5.75 Å². The number of phenolic OH excluding ortho intramolecular Hbond substituents is 1. The summed E-state index contributed by atoms with van der Waals surface area (Å²) in [4.78, 5) is 0. The highest BCUT2D eigenvalue weighted by Gasteiger charge is 2.08. The number of nitrogens with zero attached hydrogens (tertiary/aromatic N) is 1. The van der Waals surface area contributed by atoms with Gasteiger partial charge in [0, 0.05) is 12.1 Å². The summed E-state index contributed by atoms with van der Waals surface area (Å²) in [6.45, 7) is 7.81. The minimum Gasteiger partial charge on any atom is -0.504 e. The summed E-state index contributed by atoms with van der Waals surface area (Å²) in [5, 5.41) is 17.3. The number of nitrogens with one attached hydrogen (secondary N) is 2. The van der Waals surface area contributed by atoms with Gasteiger partial charge in [0.05, 0.1) is 13.3 Å². The molecule has 21 heavy (non-hydrogen) atoms. The van der Waals surface area contributed by atoms with Gasteiger partial charge in [-0.05, 0) is 36.3 Å². The standard InChI is InChI=1S/C15H19N3O2S/c1-4-6-12-8-11(9-13(20-3)14(12)19)10-17-18-15(21)16-7-5-2/h4-5,8-10,19H,1-2,6-7H2,3H3,(H2,16,18,21)/b17-10+. The number of thiocarbonyl (C=S) groups is 1. The average molecular weight is 305 g/mol. The van der Waals surface area contributed by atoms with Crippen molar-refractivity contribution >= 4 is 23.5 Å². The molecule has 0 fully saturated rings. The summed E-state index contributed by atoms with van der Waals surface area (Å²) in [5.74, 6) is 0.508. The van der Waals surface area contributed by atoms with Gasteiger partial charge in [-0.2, -0.15) is 5.10 Å². The van der Waals surface area contributed by atoms with Crippen molar-refractivity contribution in [2.24, 2.45) is 5.10 Å². The minimum absolute atomic E-state index is 0.116. The lowest BCUT2D eigenvalue weighted by atomic mass is 10.1. The average Bonchev–Trinajstić information content (AvgIpc) is 2.48. The van der Waals surface area contributed by atoms with E-state index in [1.54, 1.807) is 24.4 Å². The van der Waals surface area contributed by atoms with E-state index < -0.39 is 0 Å². The van der Waals surface area contributed by atoms with Crippen LogP contribution in [0.3, 0.4) is 0 Å². The van der Waals surface area contributed by atoms with Gasteiger partial charge in [0.2, 0.25) is 0 Å². The van der Waals surface area contributed by atoms with Crippen LogP contribution in [-0.2, 0) is 6.42 Å². The van der Waals surface area contributed by atoms with Crippen molar-refractivity contribution in [2.45, 2.75) is 6.42 Å². The molecule has 5 nitrogen and oxygen atoms in total. The maximum Gasteiger partial charge on any atom is 0.187 e. The monoisotopic (exact) mass is 305 g/mol. The van der Waals surface area contributed by atoms with Crippen molar-refractivity contribution in [1.82, 2.24) is 10.7 Å². The molecule has 0 bridgehead atoms. The van der Waals surface area contributed by atoms with Gasteiger partial charge >= 0.3 is 0 Å². The van der Waals surface area contributed by atoms with Crippen LogP contribution in [0.4, 0.5) is 0 Å². The predicted octanol–water partition coefficient (Wildman–Crippen LogP) is 2.11. The maximum absolute atomic E-state index is 9.98. The third-order valence-electron chi connectivity index (χ3n) is 2.55. The van der Waals surface area contributed by atoms with Gasteiger partial charge in [0.1, 0.15) is 0 Å². The third-order valence-corrected chi connectivity index (χ3v) is 2.78. The lowest BCUT2D eigenvalue weighted by Gasteiger charge is -2.09. The quantitative estimate of drug-likeness (QED) is 0.312. The van der Waals surface area contributed by atoms with Crippen LogP contribution in [0.5, 0.6) is 11.5 Å². The summed E-state index contributed by atoms with van der Waals surface area (Å²) < 4.78 is 5.14. The Hall–Kier alpha value is -2.34. The zero-order valence-corrected chi connectivity index (χ0v) is 12.7. The molecule has 1 aromatic carbocycles. The number of benzene rings is 1. The first-order valence-corrected chi connectivity index (χ1v) is 6.71. The maximum atomic E-state index is 9.98. The molecule has 0 amide bonds. The van der Waals surface area contributed by atoms with Crippen molar-refractivity contribution in [3.8, 4) is 11.5 Å². The largest absolute Gasteiger partial charge is 0.504 e. The molecule has 0 saturated heterocycles. The fourth-order valence-corrected chi connectivity index (χ4v) is 1.74. The van der Waals surface area contributed by atoms with E-state index in [4.69, 9.17) is 17.0 Å². The SMILES string of the molecule is C=CCNC(=S)N/N=C/c1cc(CC=C)c(O)c(OC)c1. The Labute approximate surface area is 130 Å². The second-order valence-electron chi connectivity index (χ2n) is 4.09. The van der Waals surface area contributed by atoms with E-state index >= 15 is 0 Å². The van der Waals surface area contributed by atoms with Crippen LogP contribution in [0.15, 0.2) is 42.5 Å². The fraction of sp³-hybridized carbons (Fsp3) is 0.200. The van der Waals surface area contributed by atoms with E-state index in [0.717, 1.165) is 11.1 Å². The van der Waals surface area contributed by atoms with Crippen molar-refractivity contribution in [3.05, 3.63) is 48.6 Å². The van der Waals surface area contributed by atoms with Gasteiger partial charge in [0.15, 0.2) is 16.6 Å². The van der Waals surface area contributed by atoms with Crippen LogP contribution >= 0.6 is 12.2 Å². The molecule has 0 heterocycles. The summed E-state index contributed by atoms with van der Waals surface area (Å²) in [6, 6.07) is 3.50. The van der Waals surface area contributed by atoms with Crippen molar-refractivity contribution < 1.29 is 9.84 Å². The van der Waals surface area contributed by atoms with Crippen LogP contribution in [0, 0.1) is 0 Å². The van der Waals surface area contributed by atoms with Crippen LogP contribution < -0.4 is 15.5 Å². The Morgan fingerprint density at radius 3 is 2.81 bits per heavy atom. The molecular weight excluding hydrogens is 286 g/mol. The summed E-state index contributed by atoms with van der Waals surface area (Å²) in [5.41, 5.74) is 4.19. The van der Waals surface area contributed by atoms with Gasteiger partial charge in [-0.25, -0.2) is 0 Å². The lowest BCUT2D eigenvalue weighted by Crippen LogP contribution is -2.31. The van der Waals surface area contributed by atoms with E-state index in [1.165, 1.54) is 7.11 Å². The highest BCUT2D eigenvalue weighted by molar-refractivity contribution is 7.80. The molecule has 6 heteroatoms. The van der Waals surface area contributed by atoms with Crippen LogP contribution in [0.2, 0.25) is 0 Å². The number of hydrazone groups is 1. The minimum atomic E-state index is 0.116. The molecule has 0 aliphatic carbocycles. The van der Waals surface area contributed by atoms with E-state index in [9.17, 15) is 5.11 Å². The molecule has 1 aromatic rings. The Bertz CT molecular complexity index is 556. The Morgan fingerprint density at radius 1 is 1.43 bits per heavy atom. The van der Waals surface area contributed by atoms with Crippen LogP contribution in [-0.4, -0.2) is 30.1 Å². The van der Waals surface area contributed by atoms with Crippen molar-refractivity contribution in [2.75, 3.05) is 13.7 Å². The zero-order chi connectivity index (χ0) is 15.7. The highest BCUT2D eigenvalue weighted by atomic mass is 32.1. The van der Waals surface area contributed by atoms with E-state index in [1.807, 2.05) is 6.07 Å². The molecule has 0 saturated carbocycles. The summed E-state index contributed by atoms with van der Waals surface area (Å²) in [6.07, 6.45) is 5.54. The highest BCUT2D eigenvalue weighted by Crippen LogP contribution is 2.31. The number of ether oxygens (including phenoxy) is 1. The second-order valence-corrected chi connectivity index (χ2v) is 4.50. The predicted molar refractivity (Wildman–Crippen MR) is 90.1 cm³/mol. The number of hydrogen-bond donors (Lipinski definition) is 3. The molecule has 3 N–H and O–H groups in total. The molecule has 0 aliphatic heterocycles. The number of methoxy groups -OCH3 is 1. The van der Waals surface area contributed by atoms with Gasteiger partial charge in [0.25, 0.3) is 0 Å². The number of aromatic hydroxyl groups is 1. The van der Waals surface area contributed by atoms with E-state index in [2.05, 4.69) is 29.0 Å². The summed E-state index contributed by atoms with van der Waals surface area (Å²) >= 11 is 5.01. The Kier molecular flexibility index (Phi) is 6.97. The number of phenols is 1. The third kappa shape index (κ3) is 5.27. The second kappa shape index (κ2) is 8.76. The first-order chi connectivity index (χ1) is 10.1. The topological polar surface area (TPSA) is 65.9 Å². The number of allylic oxidation sites excluding steroid dienone is 1. The molecule has 0 spiro atoms. The fourth-order valence-electron chi connectivity index (χ4n) is 1.60. The molecule has 0 radical (unpaired) electrons. The van der Waals surface area contributed by atoms with Crippen LogP contribution in [0.1, 0.15) is 11.1 Å². The Balaban J connectivity index is 2.82. The van der Waals surface area contributed by atoms with Crippen LogP contribution in [0.25, 0.3) is 0 Å². The molecular formula is C15H19N3O2S. The van der Waals surface area contributed by atoms with E-state index in [0.29, 0.717) is 23.8 Å². The first kappa shape index (κ1) is 16.7. The smallest absolute Gasteiger partial charge is 0.187 e. The number of hydrogen-bond acceptors (Lipinski definition) is 4. The molecule has 112 valence electrons. The Morgan fingerprint density at radius 2 is 2.19 bits per heavy atom. The lowest BCUT2D eigenvalue weighted by molar-refractivity contribution is 0.371. The van der Waals surface area contributed by atoms with Crippen molar-refractivity contribution in [3.63, 3.8) is 0 Å². The van der Waals surface area contributed by atoms with Gasteiger partial charge in [-0.3, -0.25) is 5.43 Å². The normalized spacial score (nSPS) is 10.1. The molecule has 0 unspecified atom stereocenters. The molecule has 0 aromatic heterocycles. The van der Waals surface area contributed by atoms with Gasteiger partial charge < -0.3 is 15.2 Å². The van der Waals surface area contributed by atoms with Crippen molar-refractivity contribution in [1.29, 1.82) is 0 Å². The molecule has 1 rings (SSSR count). The van der Waals surface area contributed by atoms with Gasteiger partial charge in [-0.15, -0.1) is 13.2 Å². The molecule has 0 atom stereocenters.